The smallest absolute Gasteiger partial charge is 0.253 e. The van der Waals surface area contributed by atoms with Gasteiger partial charge in [0.15, 0.2) is 15.6 Å². The van der Waals surface area contributed by atoms with E-state index in [2.05, 4.69) is 11.8 Å². The van der Waals surface area contributed by atoms with Gasteiger partial charge in [0, 0.05) is 67.6 Å². The molecular formula is C53H56N2O8S. The molecule has 332 valence electrons. The Balaban J connectivity index is 1.09. The summed E-state index contributed by atoms with van der Waals surface area (Å²) in [5, 5.41) is 0. The van der Waals surface area contributed by atoms with E-state index in [4.69, 9.17) is 9.47 Å². The van der Waals surface area contributed by atoms with Gasteiger partial charge in [-0.3, -0.25) is 19.2 Å². The number of hydrogen-bond acceptors (Lipinski definition) is 8. The fourth-order valence-electron chi connectivity index (χ4n) is 7.59. The van der Waals surface area contributed by atoms with E-state index in [-0.39, 0.29) is 73.0 Å². The second kappa shape index (κ2) is 22.9. The molecule has 64 heavy (non-hydrogen) atoms. The molecular weight excluding hydrogens is 825 g/mol. The van der Waals surface area contributed by atoms with Crippen LogP contribution in [-0.2, 0) is 41.9 Å². The predicted molar refractivity (Wildman–Crippen MR) is 249 cm³/mol. The Bertz CT molecular complexity index is 2580. The van der Waals surface area contributed by atoms with Crippen LogP contribution in [0, 0.1) is 31.6 Å². The molecule has 1 aliphatic heterocycles. The Morgan fingerprint density at radius 3 is 2.06 bits per heavy atom. The molecule has 0 saturated heterocycles. The van der Waals surface area contributed by atoms with E-state index in [1.165, 1.54) is 0 Å². The highest BCUT2D eigenvalue weighted by Crippen LogP contribution is 2.27. The van der Waals surface area contributed by atoms with Crippen molar-refractivity contribution in [1.29, 1.82) is 0 Å². The van der Waals surface area contributed by atoms with Crippen LogP contribution in [0.25, 0.3) is 0 Å². The summed E-state index contributed by atoms with van der Waals surface area (Å²) in [7, 11) is -2.22. The van der Waals surface area contributed by atoms with E-state index in [0.717, 1.165) is 39.1 Å². The molecule has 0 fully saturated rings. The van der Waals surface area contributed by atoms with Crippen LogP contribution in [0.15, 0.2) is 126 Å². The van der Waals surface area contributed by atoms with Crippen molar-refractivity contribution in [3.05, 3.63) is 166 Å². The van der Waals surface area contributed by atoms with Crippen molar-refractivity contribution in [2.75, 3.05) is 50.7 Å². The van der Waals surface area contributed by atoms with Gasteiger partial charge in [-0.15, -0.1) is 0 Å². The zero-order chi connectivity index (χ0) is 45.5. The molecule has 1 aliphatic rings. The Labute approximate surface area is 377 Å². The van der Waals surface area contributed by atoms with E-state index in [1.54, 1.807) is 65.4 Å². The standard InChI is InChI=1S/C53H56N2O8S/c1-39-15-19-41(20-16-39)21-22-47(38-64(60,61)49-29-17-40(2)18-30-49)52(58)44-25-27-45(28-26-44)53(59)54(33-34-63-36-35-62-3)32-31-48(56)12-8-14-51(57)55-37-46-11-5-4-9-42(46)23-24-43-10-6-7-13-50(43)55/h4-7,9-11,13,15-20,25-30,47H,8,12,14,21-22,31-38H2,1-3H3. The minimum Gasteiger partial charge on any atom is -0.382 e. The molecule has 0 radical (unpaired) electrons. The summed E-state index contributed by atoms with van der Waals surface area (Å²) in [6, 6.07) is 36.2. The molecule has 0 spiro atoms. The van der Waals surface area contributed by atoms with E-state index in [9.17, 15) is 27.6 Å². The number of nitrogens with zero attached hydrogens (tertiary/aromatic N) is 2. The first kappa shape index (κ1) is 47.3. The number of benzene rings is 5. The number of ketones is 2. The van der Waals surface area contributed by atoms with E-state index in [0.29, 0.717) is 50.1 Å². The Kier molecular flexibility index (Phi) is 17.0. The number of sulfone groups is 1. The first-order valence-corrected chi connectivity index (χ1v) is 23.4. The van der Waals surface area contributed by atoms with Crippen LogP contribution in [0.5, 0.6) is 0 Å². The Morgan fingerprint density at radius 2 is 1.34 bits per heavy atom. The first-order chi connectivity index (χ1) is 30.9. The highest BCUT2D eigenvalue weighted by Gasteiger charge is 2.29. The maximum absolute atomic E-state index is 14.1. The van der Waals surface area contributed by atoms with Gasteiger partial charge in [-0.25, -0.2) is 8.42 Å². The van der Waals surface area contributed by atoms with Gasteiger partial charge in [-0.2, -0.15) is 0 Å². The number of amides is 2. The van der Waals surface area contributed by atoms with Crippen LogP contribution in [0.3, 0.4) is 0 Å². The maximum Gasteiger partial charge on any atom is 0.253 e. The van der Waals surface area contributed by atoms with Crippen LogP contribution < -0.4 is 4.90 Å². The minimum absolute atomic E-state index is 0.0756. The second-order valence-electron chi connectivity index (χ2n) is 16.2. The van der Waals surface area contributed by atoms with E-state index >= 15 is 0 Å². The number of para-hydroxylation sites is 1. The number of Topliss-reactive ketones (excluding diaryl/α,β-unsaturated/α-hetero) is 2. The average Bonchev–Trinajstić information content (AvgIpc) is 3.29. The van der Waals surface area contributed by atoms with Crippen molar-refractivity contribution in [3.63, 3.8) is 0 Å². The summed E-state index contributed by atoms with van der Waals surface area (Å²) in [6.45, 7) is 5.55. The fraction of sp³-hybridized carbons (Fsp3) is 0.321. The highest BCUT2D eigenvalue weighted by atomic mass is 32.2. The van der Waals surface area contributed by atoms with Gasteiger partial charge in [-0.05, 0) is 86.7 Å². The van der Waals surface area contributed by atoms with Crippen molar-refractivity contribution in [2.45, 2.75) is 63.8 Å². The van der Waals surface area contributed by atoms with Gasteiger partial charge in [0.1, 0.15) is 5.78 Å². The molecule has 6 rings (SSSR count). The Morgan fingerprint density at radius 1 is 0.703 bits per heavy atom. The normalized spacial score (nSPS) is 12.5. The molecule has 11 heteroatoms. The molecule has 2 amide bonds. The first-order valence-electron chi connectivity index (χ1n) is 21.8. The number of carbonyl (C=O) groups excluding carboxylic acids is 4. The molecule has 0 N–H and O–H groups in total. The van der Waals surface area contributed by atoms with Crippen LogP contribution in [0.1, 0.15) is 86.2 Å². The maximum atomic E-state index is 14.1. The number of carbonyl (C=O) groups is 4. The zero-order valence-corrected chi connectivity index (χ0v) is 37.7. The third-order valence-corrected chi connectivity index (χ3v) is 13.2. The van der Waals surface area contributed by atoms with Gasteiger partial charge >= 0.3 is 0 Å². The van der Waals surface area contributed by atoms with Crippen molar-refractivity contribution >= 4 is 38.9 Å². The lowest BCUT2D eigenvalue weighted by Crippen LogP contribution is -2.36. The monoisotopic (exact) mass is 880 g/mol. The number of rotatable bonds is 22. The van der Waals surface area contributed by atoms with Crippen LogP contribution >= 0.6 is 0 Å². The minimum atomic E-state index is -3.79. The van der Waals surface area contributed by atoms with Crippen LogP contribution in [0.4, 0.5) is 5.69 Å². The summed E-state index contributed by atoms with van der Waals surface area (Å²) >= 11 is 0. The average molecular weight is 881 g/mol. The quantitative estimate of drug-likeness (QED) is 0.0386. The molecule has 0 saturated carbocycles. The lowest BCUT2D eigenvalue weighted by Gasteiger charge is -2.26. The van der Waals surface area contributed by atoms with Crippen molar-refractivity contribution < 1.29 is 37.1 Å². The van der Waals surface area contributed by atoms with E-state index < -0.39 is 15.8 Å². The second-order valence-corrected chi connectivity index (χ2v) is 18.2. The third-order valence-electron chi connectivity index (χ3n) is 11.4. The molecule has 0 aliphatic carbocycles. The van der Waals surface area contributed by atoms with E-state index in [1.807, 2.05) is 86.6 Å². The molecule has 0 bridgehead atoms. The summed E-state index contributed by atoms with van der Waals surface area (Å²) in [4.78, 5) is 58.5. The molecule has 5 aromatic rings. The summed E-state index contributed by atoms with van der Waals surface area (Å²) in [5.41, 5.74) is 7.00. The van der Waals surface area contributed by atoms with Crippen molar-refractivity contribution in [2.24, 2.45) is 5.92 Å². The molecule has 5 aromatic carbocycles. The molecule has 10 nitrogen and oxygen atoms in total. The molecule has 1 unspecified atom stereocenters. The SMILES string of the molecule is COCCOCCN(CCC(=O)CCCC(=O)N1Cc2ccccc2C#Cc2ccccc21)C(=O)c1ccc(C(=O)C(CCc2ccc(C)cc2)CS(=O)(=O)c2ccc(C)cc2)cc1. The highest BCUT2D eigenvalue weighted by molar-refractivity contribution is 7.91. The van der Waals surface area contributed by atoms with Crippen LogP contribution in [-0.4, -0.2) is 82.5 Å². The molecule has 1 heterocycles. The number of methoxy groups -OCH3 is 1. The Hall–Kier alpha value is -6.19. The van der Waals surface area contributed by atoms with Crippen molar-refractivity contribution in [1.82, 2.24) is 4.90 Å². The third kappa shape index (κ3) is 13.2. The van der Waals surface area contributed by atoms with Gasteiger partial charge in [-0.1, -0.05) is 102 Å². The van der Waals surface area contributed by atoms with Crippen LogP contribution in [0.2, 0.25) is 0 Å². The fourth-order valence-corrected chi connectivity index (χ4v) is 9.18. The summed E-state index contributed by atoms with van der Waals surface area (Å²) in [6.07, 6.45) is 1.62. The van der Waals surface area contributed by atoms with Gasteiger partial charge in [0.25, 0.3) is 5.91 Å². The molecule has 1 atom stereocenters. The largest absolute Gasteiger partial charge is 0.382 e. The zero-order valence-electron chi connectivity index (χ0n) is 36.9. The summed E-state index contributed by atoms with van der Waals surface area (Å²) < 4.78 is 38.0. The number of anilines is 1. The molecule has 0 aromatic heterocycles. The van der Waals surface area contributed by atoms with Gasteiger partial charge in [0.2, 0.25) is 5.91 Å². The predicted octanol–water partition coefficient (Wildman–Crippen LogP) is 8.39. The van der Waals surface area contributed by atoms with Crippen molar-refractivity contribution in [3.8, 4) is 11.8 Å². The summed E-state index contributed by atoms with van der Waals surface area (Å²) in [5.74, 6) is 4.43. The lowest BCUT2D eigenvalue weighted by atomic mass is 9.92. The lowest BCUT2D eigenvalue weighted by molar-refractivity contribution is -0.120. The van der Waals surface area contributed by atoms with Gasteiger partial charge in [0.05, 0.1) is 42.7 Å². The van der Waals surface area contributed by atoms with Gasteiger partial charge < -0.3 is 19.3 Å². The number of aryl methyl sites for hydroxylation is 3. The number of fused-ring (bicyclic) bond motifs is 2. The number of ether oxygens (including phenoxy) is 2. The number of hydrogen-bond donors (Lipinski definition) is 0. The topological polar surface area (TPSA) is 127 Å².